The molecule has 0 saturated carbocycles. The summed E-state index contributed by atoms with van der Waals surface area (Å²) >= 11 is 1.72. The lowest BCUT2D eigenvalue weighted by atomic mass is 9.87. The molecule has 2 aromatic rings. The largest absolute Gasteiger partial charge is 0.321 e. The maximum absolute atomic E-state index is 6.35. The molecule has 0 bridgehead atoms. The van der Waals surface area contributed by atoms with E-state index in [0.29, 0.717) is 0 Å². The third kappa shape index (κ3) is 2.94. The van der Waals surface area contributed by atoms with Gasteiger partial charge < -0.3 is 5.73 Å². The number of rotatable bonds is 2. The third-order valence-corrected chi connectivity index (χ3v) is 4.73. The van der Waals surface area contributed by atoms with Crippen molar-refractivity contribution in [3.63, 3.8) is 0 Å². The molecule has 0 aliphatic heterocycles. The molecule has 2 nitrogen and oxygen atoms in total. The van der Waals surface area contributed by atoms with E-state index < -0.39 is 0 Å². The summed E-state index contributed by atoms with van der Waals surface area (Å²) in [4.78, 5) is 6.10. The van der Waals surface area contributed by atoms with Crippen molar-refractivity contribution in [3.05, 3.63) is 40.4 Å². The first-order valence-electron chi connectivity index (χ1n) is 6.97. The van der Waals surface area contributed by atoms with Crippen LogP contribution in [0.2, 0.25) is 0 Å². The van der Waals surface area contributed by atoms with E-state index in [0.717, 1.165) is 10.7 Å². The van der Waals surface area contributed by atoms with Gasteiger partial charge in [0.15, 0.2) is 0 Å². The minimum Gasteiger partial charge on any atom is -0.321 e. The molecule has 2 N–H and O–H groups in total. The van der Waals surface area contributed by atoms with Crippen LogP contribution in [-0.2, 0) is 11.0 Å². The van der Waals surface area contributed by atoms with Gasteiger partial charge in [0.1, 0.15) is 5.01 Å². The first-order chi connectivity index (χ1) is 9.10. The maximum atomic E-state index is 6.35. The number of thiazole rings is 1. The Morgan fingerprint density at radius 1 is 1.05 bits per heavy atom. The quantitative estimate of drug-likeness (QED) is 0.876. The molecule has 0 atom stereocenters. The fraction of sp³-hybridized carbons (Fsp3) is 0.471. The van der Waals surface area contributed by atoms with E-state index in [2.05, 4.69) is 65.8 Å². The SMILES string of the molecule is Cc1ccccc1-c1nc(C(C)(C)C)c(C(C)(C)N)s1. The Labute approximate surface area is 126 Å². The van der Waals surface area contributed by atoms with Gasteiger partial charge in [-0.3, -0.25) is 0 Å². The first-order valence-corrected chi connectivity index (χ1v) is 7.79. The predicted octanol–water partition coefficient (Wildman–Crippen LogP) is 4.61. The maximum Gasteiger partial charge on any atom is 0.124 e. The second kappa shape index (κ2) is 4.97. The third-order valence-electron chi connectivity index (χ3n) is 3.30. The highest BCUT2D eigenvalue weighted by atomic mass is 32.1. The molecule has 20 heavy (non-hydrogen) atoms. The molecule has 3 heteroatoms. The molecule has 0 amide bonds. The van der Waals surface area contributed by atoms with Crippen LogP contribution in [0.3, 0.4) is 0 Å². The van der Waals surface area contributed by atoms with Crippen LogP contribution in [-0.4, -0.2) is 4.98 Å². The van der Waals surface area contributed by atoms with E-state index >= 15 is 0 Å². The normalized spacial score (nSPS) is 12.8. The fourth-order valence-electron chi connectivity index (χ4n) is 2.19. The van der Waals surface area contributed by atoms with E-state index in [4.69, 9.17) is 10.7 Å². The van der Waals surface area contributed by atoms with Crippen molar-refractivity contribution in [3.8, 4) is 10.6 Å². The molecule has 0 unspecified atom stereocenters. The fourth-order valence-corrected chi connectivity index (χ4v) is 3.57. The molecule has 0 fully saturated rings. The van der Waals surface area contributed by atoms with E-state index in [-0.39, 0.29) is 11.0 Å². The Bertz CT molecular complexity index is 581. The lowest BCUT2D eigenvalue weighted by Gasteiger charge is -2.24. The minimum atomic E-state index is -0.360. The average Bonchev–Trinajstić information content (AvgIpc) is 2.73. The van der Waals surface area contributed by atoms with Gasteiger partial charge >= 0.3 is 0 Å². The summed E-state index contributed by atoms with van der Waals surface area (Å²) in [5.41, 5.74) is 9.58. The number of nitrogens with two attached hydrogens (primary N) is 1. The van der Waals surface area contributed by atoms with Gasteiger partial charge in [-0.05, 0) is 26.3 Å². The van der Waals surface area contributed by atoms with Gasteiger partial charge in [-0.25, -0.2) is 4.98 Å². The number of aryl methyl sites for hydroxylation is 1. The van der Waals surface area contributed by atoms with E-state index in [1.165, 1.54) is 16.0 Å². The number of aromatic nitrogens is 1. The van der Waals surface area contributed by atoms with Gasteiger partial charge in [0.2, 0.25) is 0 Å². The lowest BCUT2D eigenvalue weighted by Crippen LogP contribution is -2.31. The highest BCUT2D eigenvalue weighted by Gasteiger charge is 2.30. The molecule has 0 saturated heterocycles. The van der Waals surface area contributed by atoms with Crippen molar-refractivity contribution in [2.75, 3.05) is 0 Å². The van der Waals surface area contributed by atoms with Gasteiger partial charge in [0.05, 0.1) is 5.69 Å². The first kappa shape index (κ1) is 15.2. The number of hydrogen-bond acceptors (Lipinski definition) is 3. The van der Waals surface area contributed by atoms with Crippen LogP contribution < -0.4 is 5.73 Å². The second-order valence-electron chi connectivity index (χ2n) is 6.98. The van der Waals surface area contributed by atoms with Gasteiger partial charge in [0.25, 0.3) is 0 Å². The Kier molecular flexibility index (Phi) is 3.78. The molecule has 1 heterocycles. The van der Waals surface area contributed by atoms with Gasteiger partial charge in [-0.2, -0.15) is 0 Å². The Hall–Kier alpha value is -1.19. The Balaban J connectivity index is 2.65. The number of benzene rings is 1. The summed E-state index contributed by atoms with van der Waals surface area (Å²) in [6, 6.07) is 8.38. The lowest BCUT2D eigenvalue weighted by molar-refractivity contribution is 0.512. The monoisotopic (exact) mass is 288 g/mol. The summed E-state index contributed by atoms with van der Waals surface area (Å²) in [5, 5.41) is 1.07. The standard InChI is InChI=1S/C17H24N2S/c1-11-9-7-8-10-12(11)15-19-13(16(2,3)4)14(20-15)17(5,6)18/h7-10H,18H2,1-6H3. The van der Waals surface area contributed by atoms with Crippen LogP contribution in [0.5, 0.6) is 0 Å². The van der Waals surface area contributed by atoms with Crippen LogP contribution in [0.4, 0.5) is 0 Å². The van der Waals surface area contributed by atoms with Crippen molar-refractivity contribution in [2.24, 2.45) is 5.73 Å². The molecule has 108 valence electrons. The highest BCUT2D eigenvalue weighted by molar-refractivity contribution is 7.15. The van der Waals surface area contributed by atoms with Crippen molar-refractivity contribution in [1.82, 2.24) is 4.98 Å². The van der Waals surface area contributed by atoms with Crippen molar-refractivity contribution < 1.29 is 0 Å². The summed E-state index contributed by atoms with van der Waals surface area (Å²) in [7, 11) is 0. The van der Waals surface area contributed by atoms with Gasteiger partial charge in [-0.15, -0.1) is 11.3 Å². The smallest absolute Gasteiger partial charge is 0.124 e. The summed E-state index contributed by atoms with van der Waals surface area (Å²) in [6.45, 7) is 12.8. The van der Waals surface area contributed by atoms with Crippen LogP contribution in [0.25, 0.3) is 10.6 Å². The zero-order chi connectivity index (χ0) is 15.1. The summed E-state index contributed by atoms with van der Waals surface area (Å²) in [6.07, 6.45) is 0. The number of nitrogens with zero attached hydrogens (tertiary/aromatic N) is 1. The summed E-state index contributed by atoms with van der Waals surface area (Å²) < 4.78 is 0. The summed E-state index contributed by atoms with van der Waals surface area (Å²) in [5.74, 6) is 0. The van der Waals surface area contributed by atoms with Crippen LogP contribution in [0.15, 0.2) is 24.3 Å². The van der Waals surface area contributed by atoms with E-state index in [1.807, 2.05) is 0 Å². The predicted molar refractivity (Wildman–Crippen MR) is 88.2 cm³/mol. The molecular formula is C17H24N2S. The minimum absolute atomic E-state index is 0.00338. The molecule has 0 radical (unpaired) electrons. The van der Waals surface area contributed by atoms with Crippen molar-refractivity contribution in [1.29, 1.82) is 0 Å². The molecule has 2 rings (SSSR count). The Morgan fingerprint density at radius 3 is 2.10 bits per heavy atom. The zero-order valence-electron chi connectivity index (χ0n) is 13.2. The van der Waals surface area contributed by atoms with E-state index in [1.54, 1.807) is 11.3 Å². The zero-order valence-corrected chi connectivity index (χ0v) is 14.1. The molecule has 1 aromatic heterocycles. The topological polar surface area (TPSA) is 38.9 Å². The molecule has 0 spiro atoms. The molecule has 0 aliphatic carbocycles. The van der Waals surface area contributed by atoms with Crippen LogP contribution >= 0.6 is 11.3 Å². The van der Waals surface area contributed by atoms with Gasteiger partial charge in [-0.1, -0.05) is 45.0 Å². The average molecular weight is 288 g/mol. The molecule has 0 aliphatic rings. The van der Waals surface area contributed by atoms with Crippen LogP contribution in [0.1, 0.15) is 50.8 Å². The number of hydrogen-bond donors (Lipinski definition) is 1. The van der Waals surface area contributed by atoms with E-state index in [9.17, 15) is 0 Å². The highest BCUT2D eigenvalue weighted by Crippen LogP contribution is 2.39. The van der Waals surface area contributed by atoms with Crippen molar-refractivity contribution >= 4 is 11.3 Å². The molecular weight excluding hydrogens is 264 g/mol. The van der Waals surface area contributed by atoms with Crippen molar-refractivity contribution in [2.45, 2.75) is 52.5 Å². The van der Waals surface area contributed by atoms with Crippen LogP contribution in [0, 0.1) is 6.92 Å². The van der Waals surface area contributed by atoms with Gasteiger partial charge in [0, 0.05) is 21.4 Å². The second-order valence-corrected chi connectivity index (χ2v) is 7.98. The molecule has 1 aromatic carbocycles. The Morgan fingerprint density at radius 2 is 1.65 bits per heavy atom.